The minimum atomic E-state index is -0.256. The van der Waals surface area contributed by atoms with Crippen molar-refractivity contribution in [1.82, 2.24) is 5.32 Å². The summed E-state index contributed by atoms with van der Waals surface area (Å²) in [6, 6.07) is 19.0. The van der Waals surface area contributed by atoms with Gasteiger partial charge in [-0.2, -0.15) is 0 Å². The van der Waals surface area contributed by atoms with E-state index in [0.717, 1.165) is 58.3 Å². The zero-order chi connectivity index (χ0) is 26.6. The Kier molecular flexibility index (Phi) is 6.07. The Bertz CT molecular complexity index is 1560. The third-order valence-corrected chi connectivity index (χ3v) is 9.95. The summed E-state index contributed by atoms with van der Waals surface area (Å²) in [5.74, 6) is 3.00. The van der Waals surface area contributed by atoms with Gasteiger partial charge in [0, 0.05) is 27.3 Å². The van der Waals surface area contributed by atoms with Gasteiger partial charge in [-0.3, -0.25) is 9.59 Å². The average Bonchev–Trinajstić information content (AvgIpc) is 3.28. The van der Waals surface area contributed by atoms with E-state index >= 15 is 0 Å². The number of para-hydroxylation sites is 1. The summed E-state index contributed by atoms with van der Waals surface area (Å²) < 4.78 is 11.6. The lowest BCUT2D eigenvalue weighted by atomic mass is 9.53. The van der Waals surface area contributed by atoms with Crippen LogP contribution in [-0.4, -0.2) is 30.2 Å². The van der Waals surface area contributed by atoms with Crippen molar-refractivity contribution in [3.05, 3.63) is 66.2 Å². The number of hydrogen-bond acceptors (Lipinski definition) is 5. The first kappa shape index (κ1) is 24.6. The monoisotopic (exact) mass is 540 g/mol. The lowest BCUT2D eigenvalue weighted by Gasteiger charge is -2.56. The van der Waals surface area contributed by atoms with Gasteiger partial charge in [0.05, 0.1) is 24.1 Å². The maximum atomic E-state index is 13.4. The standard InChI is InChI=1S/C32H32N2O4S/c1-37-28-13-24-22-6-2-4-8-26(22)38-27(24)14-25(28)33-31(36)23-7-3-5-9-29(23)39-18-30(35)34-32-15-19-10-20(16-32)12-21(11-19)17-32/h2-9,13-14,19-21H,10-12,15-18H2,1H3,(H,33,36)(H,34,35). The van der Waals surface area contributed by atoms with Crippen LogP contribution in [0.15, 0.2) is 70.0 Å². The van der Waals surface area contributed by atoms with Crippen molar-refractivity contribution in [3.63, 3.8) is 0 Å². The Labute approximate surface area is 231 Å². The summed E-state index contributed by atoms with van der Waals surface area (Å²) in [5.41, 5.74) is 2.52. The summed E-state index contributed by atoms with van der Waals surface area (Å²) in [6.07, 6.45) is 7.44. The van der Waals surface area contributed by atoms with E-state index in [-0.39, 0.29) is 17.4 Å². The number of benzene rings is 3. The van der Waals surface area contributed by atoms with Gasteiger partial charge < -0.3 is 19.8 Å². The van der Waals surface area contributed by atoms with E-state index in [1.165, 1.54) is 31.0 Å². The molecule has 1 heterocycles. The molecule has 4 fully saturated rings. The molecule has 3 aromatic carbocycles. The third kappa shape index (κ3) is 4.56. The van der Waals surface area contributed by atoms with E-state index in [1.807, 2.05) is 48.5 Å². The Morgan fingerprint density at radius 2 is 1.62 bits per heavy atom. The number of carbonyl (C=O) groups excluding carboxylic acids is 2. The maximum Gasteiger partial charge on any atom is 0.256 e. The molecule has 2 N–H and O–H groups in total. The molecule has 4 aromatic rings. The molecule has 4 aliphatic carbocycles. The first-order valence-electron chi connectivity index (χ1n) is 13.8. The van der Waals surface area contributed by atoms with Gasteiger partial charge in [-0.25, -0.2) is 0 Å². The Hall–Kier alpha value is -3.45. The number of rotatable bonds is 7. The molecule has 0 spiro atoms. The van der Waals surface area contributed by atoms with Crippen molar-refractivity contribution in [2.45, 2.75) is 49.0 Å². The minimum Gasteiger partial charge on any atom is -0.495 e. The van der Waals surface area contributed by atoms with Gasteiger partial charge in [0.15, 0.2) is 0 Å². The van der Waals surface area contributed by atoms with Gasteiger partial charge in [-0.1, -0.05) is 30.3 Å². The van der Waals surface area contributed by atoms with E-state index in [4.69, 9.17) is 9.15 Å². The van der Waals surface area contributed by atoms with Crippen molar-refractivity contribution in [2.75, 3.05) is 18.2 Å². The van der Waals surface area contributed by atoms with E-state index in [2.05, 4.69) is 10.6 Å². The largest absolute Gasteiger partial charge is 0.495 e. The topological polar surface area (TPSA) is 80.6 Å². The predicted octanol–water partition coefficient (Wildman–Crippen LogP) is 7.02. The summed E-state index contributed by atoms with van der Waals surface area (Å²) in [7, 11) is 1.59. The maximum absolute atomic E-state index is 13.4. The van der Waals surface area contributed by atoms with Crippen LogP contribution in [0.1, 0.15) is 48.9 Å². The van der Waals surface area contributed by atoms with E-state index < -0.39 is 0 Å². The number of carbonyl (C=O) groups is 2. The normalized spacial score (nSPS) is 25.2. The van der Waals surface area contributed by atoms with Crippen LogP contribution in [0.3, 0.4) is 0 Å². The Morgan fingerprint density at radius 1 is 0.923 bits per heavy atom. The molecule has 4 aliphatic rings. The second-order valence-electron chi connectivity index (χ2n) is 11.6. The second kappa shape index (κ2) is 9.63. The highest BCUT2D eigenvalue weighted by atomic mass is 32.2. The van der Waals surface area contributed by atoms with Crippen molar-refractivity contribution in [2.24, 2.45) is 17.8 Å². The minimum absolute atomic E-state index is 0.00482. The SMILES string of the molecule is COc1cc2c(cc1NC(=O)c1ccccc1SCC(=O)NC13CC4CC(CC(C4)C1)C3)oc1ccccc12. The summed E-state index contributed by atoms with van der Waals surface area (Å²) in [5, 5.41) is 8.38. The molecule has 8 rings (SSSR count). The van der Waals surface area contributed by atoms with Gasteiger partial charge in [0.1, 0.15) is 16.9 Å². The van der Waals surface area contributed by atoms with Gasteiger partial charge in [0.2, 0.25) is 5.91 Å². The first-order chi connectivity index (χ1) is 19.0. The fourth-order valence-electron chi connectivity index (χ4n) is 7.73. The fourth-order valence-corrected chi connectivity index (χ4v) is 8.58. The number of amides is 2. The molecule has 2 amide bonds. The molecule has 39 heavy (non-hydrogen) atoms. The summed E-state index contributed by atoms with van der Waals surface area (Å²) >= 11 is 1.42. The quantitative estimate of drug-likeness (QED) is 0.246. The van der Waals surface area contributed by atoms with Gasteiger partial charge in [-0.05, 0) is 80.5 Å². The molecule has 200 valence electrons. The molecule has 0 radical (unpaired) electrons. The van der Waals surface area contributed by atoms with E-state index in [1.54, 1.807) is 19.2 Å². The number of furan rings is 1. The van der Waals surface area contributed by atoms with Gasteiger partial charge >= 0.3 is 0 Å². The zero-order valence-corrected chi connectivity index (χ0v) is 22.8. The molecule has 1 aromatic heterocycles. The first-order valence-corrected chi connectivity index (χ1v) is 14.8. The van der Waals surface area contributed by atoms with Crippen LogP contribution in [-0.2, 0) is 4.79 Å². The number of nitrogens with one attached hydrogen (secondary N) is 2. The number of thioether (sulfide) groups is 1. The van der Waals surface area contributed by atoms with Crippen LogP contribution < -0.4 is 15.4 Å². The highest BCUT2D eigenvalue weighted by Gasteiger charge is 2.51. The molecule has 0 atom stereocenters. The highest BCUT2D eigenvalue weighted by Crippen LogP contribution is 2.55. The lowest BCUT2D eigenvalue weighted by molar-refractivity contribution is -0.124. The molecular formula is C32H32N2O4S. The highest BCUT2D eigenvalue weighted by molar-refractivity contribution is 8.00. The van der Waals surface area contributed by atoms with Crippen LogP contribution in [0, 0.1) is 17.8 Å². The number of fused-ring (bicyclic) bond motifs is 3. The predicted molar refractivity (Wildman–Crippen MR) is 154 cm³/mol. The van der Waals surface area contributed by atoms with Crippen molar-refractivity contribution in [1.29, 1.82) is 0 Å². The van der Waals surface area contributed by atoms with E-state index in [0.29, 0.717) is 28.3 Å². The van der Waals surface area contributed by atoms with Crippen LogP contribution in [0.25, 0.3) is 21.9 Å². The number of methoxy groups -OCH3 is 1. The summed E-state index contributed by atoms with van der Waals surface area (Å²) in [4.78, 5) is 27.3. The summed E-state index contributed by atoms with van der Waals surface area (Å²) in [6.45, 7) is 0. The Balaban J connectivity index is 1.07. The Morgan fingerprint density at radius 3 is 2.36 bits per heavy atom. The number of hydrogen-bond donors (Lipinski definition) is 2. The molecular weight excluding hydrogens is 508 g/mol. The molecule has 4 bridgehead atoms. The third-order valence-electron chi connectivity index (χ3n) is 8.88. The molecule has 0 saturated heterocycles. The molecule has 4 saturated carbocycles. The lowest BCUT2D eigenvalue weighted by Crippen LogP contribution is -2.60. The van der Waals surface area contributed by atoms with Crippen LogP contribution in [0.5, 0.6) is 5.75 Å². The van der Waals surface area contributed by atoms with Gasteiger partial charge in [0.25, 0.3) is 5.91 Å². The number of anilines is 1. The molecule has 0 aliphatic heterocycles. The second-order valence-corrected chi connectivity index (χ2v) is 12.6. The molecule has 6 nitrogen and oxygen atoms in total. The fraction of sp³-hybridized carbons (Fsp3) is 0.375. The van der Waals surface area contributed by atoms with Crippen LogP contribution in [0.4, 0.5) is 5.69 Å². The van der Waals surface area contributed by atoms with E-state index in [9.17, 15) is 9.59 Å². The zero-order valence-electron chi connectivity index (χ0n) is 22.0. The average molecular weight is 541 g/mol. The van der Waals surface area contributed by atoms with Crippen molar-refractivity contribution < 1.29 is 18.7 Å². The van der Waals surface area contributed by atoms with Crippen molar-refractivity contribution >= 4 is 51.2 Å². The van der Waals surface area contributed by atoms with Crippen molar-refractivity contribution in [3.8, 4) is 5.75 Å². The van der Waals surface area contributed by atoms with Gasteiger partial charge in [-0.15, -0.1) is 11.8 Å². The smallest absolute Gasteiger partial charge is 0.256 e. The number of ether oxygens (including phenoxy) is 1. The van der Waals surface area contributed by atoms with Crippen LogP contribution >= 0.6 is 11.8 Å². The van der Waals surface area contributed by atoms with Crippen LogP contribution in [0.2, 0.25) is 0 Å². The molecule has 0 unspecified atom stereocenters. The molecule has 7 heteroatoms.